The third-order valence-corrected chi connectivity index (χ3v) is 2.42. The zero-order valence-corrected chi connectivity index (χ0v) is 8.83. The maximum Gasteiger partial charge on any atom is 0.122 e. The van der Waals surface area contributed by atoms with Gasteiger partial charge in [-0.1, -0.05) is 6.07 Å². The Morgan fingerprint density at radius 1 is 1.29 bits per heavy atom. The van der Waals surface area contributed by atoms with Crippen molar-refractivity contribution in [2.75, 3.05) is 18.0 Å². The quantitative estimate of drug-likeness (QED) is 0.767. The zero-order valence-electron chi connectivity index (χ0n) is 8.83. The molecule has 3 nitrogen and oxygen atoms in total. The molecule has 0 aliphatic carbocycles. The van der Waals surface area contributed by atoms with Crippen LogP contribution in [-0.2, 0) is 6.54 Å². The Hall–Kier alpha value is -1.22. The number of phenolic OH excluding ortho intramolecular Hbond substituents is 1. The molecule has 3 heteroatoms. The second-order valence-electron chi connectivity index (χ2n) is 3.19. The van der Waals surface area contributed by atoms with Gasteiger partial charge in [-0.15, -0.1) is 0 Å². The molecule has 0 aliphatic heterocycles. The summed E-state index contributed by atoms with van der Waals surface area (Å²) in [5, 5.41) is 9.62. The zero-order chi connectivity index (χ0) is 10.6. The van der Waals surface area contributed by atoms with Crippen molar-refractivity contribution in [2.24, 2.45) is 5.73 Å². The van der Waals surface area contributed by atoms with E-state index in [1.807, 2.05) is 12.1 Å². The van der Waals surface area contributed by atoms with Crippen LogP contribution in [0.2, 0.25) is 0 Å². The Kier molecular flexibility index (Phi) is 3.77. The molecule has 14 heavy (non-hydrogen) atoms. The number of hydrogen-bond donors (Lipinski definition) is 2. The largest absolute Gasteiger partial charge is 0.508 e. The highest BCUT2D eigenvalue weighted by Crippen LogP contribution is 2.24. The van der Waals surface area contributed by atoms with Crippen LogP contribution in [0.3, 0.4) is 0 Å². The fourth-order valence-electron chi connectivity index (χ4n) is 1.51. The molecule has 0 spiro atoms. The first-order valence-electron chi connectivity index (χ1n) is 4.99. The predicted molar refractivity (Wildman–Crippen MR) is 59.6 cm³/mol. The lowest BCUT2D eigenvalue weighted by atomic mass is 10.1. The van der Waals surface area contributed by atoms with Crippen molar-refractivity contribution in [1.29, 1.82) is 0 Å². The Morgan fingerprint density at radius 3 is 2.36 bits per heavy atom. The minimum atomic E-state index is 0.289. The normalized spacial score (nSPS) is 10.2. The minimum absolute atomic E-state index is 0.289. The van der Waals surface area contributed by atoms with E-state index in [0.717, 1.165) is 24.3 Å². The van der Waals surface area contributed by atoms with E-state index < -0.39 is 0 Å². The molecular formula is C11H18N2O. The first-order chi connectivity index (χ1) is 6.72. The molecule has 0 unspecified atom stereocenters. The Balaban J connectivity index is 2.95. The number of rotatable bonds is 4. The lowest BCUT2D eigenvalue weighted by molar-refractivity contribution is 0.468. The molecule has 0 atom stereocenters. The summed E-state index contributed by atoms with van der Waals surface area (Å²) < 4.78 is 0. The molecule has 3 N–H and O–H groups in total. The lowest BCUT2D eigenvalue weighted by Gasteiger charge is -2.21. The van der Waals surface area contributed by atoms with Gasteiger partial charge in [0.1, 0.15) is 5.75 Å². The standard InChI is InChI=1S/C11H18N2O/c1-3-13(4-2)10-6-5-9(8-12)11(14)7-10/h5-7,14H,3-4,8,12H2,1-2H3. The third-order valence-electron chi connectivity index (χ3n) is 2.42. The van der Waals surface area contributed by atoms with E-state index in [9.17, 15) is 5.11 Å². The van der Waals surface area contributed by atoms with Crippen molar-refractivity contribution >= 4 is 5.69 Å². The van der Waals surface area contributed by atoms with Gasteiger partial charge in [0.15, 0.2) is 0 Å². The second-order valence-corrected chi connectivity index (χ2v) is 3.19. The molecule has 0 radical (unpaired) electrons. The summed E-state index contributed by atoms with van der Waals surface area (Å²) in [7, 11) is 0. The summed E-state index contributed by atoms with van der Waals surface area (Å²) in [5.74, 6) is 0.289. The summed E-state index contributed by atoms with van der Waals surface area (Å²) in [6.45, 7) is 6.45. The number of anilines is 1. The first kappa shape index (κ1) is 10.9. The number of benzene rings is 1. The summed E-state index contributed by atoms with van der Waals surface area (Å²) in [5.41, 5.74) is 7.31. The van der Waals surface area contributed by atoms with Crippen LogP contribution in [0.4, 0.5) is 5.69 Å². The molecule has 1 aromatic rings. The van der Waals surface area contributed by atoms with Crippen LogP contribution < -0.4 is 10.6 Å². The molecule has 0 aromatic heterocycles. The molecule has 0 heterocycles. The first-order valence-corrected chi connectivity index (χ1v) is 4.99. The average Bonchev–Trinajstić information content (AvgIpc) is 2.20. The van der Waals surface area contributed by atoms with E-state index >= 15 is 0 Å². The van der Waals surface area contributed by atoms with Gasteiger partial charge in [0.25, 0.3) is 0 Å². The predicted octanol–water partition coefficient (Wildman–Crippen LogP) is 1.70. The fraction of sp³-hybridized carbons (Fsp3) is 0.455. The van der Waals surface area contributed by atoms with Crippen molar-refractivity contribution in [3.05, 3.63) is 23.8 Å². The molecule has 0 amide bonds. The topological polar surface area (TPSA) is 49.5 Å². The van der Waals surface area contributed by atoms with Crippen molar-refractivity contribution in [3.8, 4) is 5.75 Å². The van der Waals surface area contributed by atoms with Crippen molar-refractivity contribution in [3.63, 3.8) is 0 Å². The highest BCUT2D eigenvalue weighted by molar-refractivity contribution is 5.53. The van der Waals surface area contributed by atoms with Crippen LogP contribution in [0.25, 0.3) is 0 Å². The SMILES string of the molecule is CCN(CC)c1ccc(CN)c(O)c1. The highest BCUT2D eigenvalue weighted by atomic mass is 16.3. The van der Waals surface area contributed by atoms with E-state index in [-0.39, 0.29) is 5.75 Å². The lowest BCUT2D eigenvalue weighted by Crippen LogP contribution is -2.21. The van der Waals surface area contributed by atoms with Gasteiger partial charge in [0, 0.05) is 37.0 Å². The monoisotopic (exact) mass is 194 g/mol. The summed E-state index contributed by atoms with van der Waals surface area (Å²) in [4.78, 5) is 2.18. The van der Waals surface area contributed by atoms with Crippen molar-refractivity contribution in [2.45, 2.75) is 20.4 Å². The van der Waals surface area contributed by atoms with E-state index in [4.69, 9.17) is 5.73 Å². The van der Waals surface area contributed by atoms with Crippen LogP contribution in [0.5, 0.6) is 5.75 Å². The van der Waals surface area contributed by atoms with Gasteiger partial charge in [0.05, 0.1) is 0 Å². The molecule has 1 rings (SSSR count). The van der Waals surface area contributed by atoms with Gasteiger partial charge in [-0.25, -0.2) is 0 Å². The number of hydrogen-bond acceptors (Lipinski definition) is 3. The Morgan fingerprint density at radius 2 is 1.93 bits per heavy atom. The summed E-state index contributed by atoms with van der Waals surface area (Å²) in [6, 6.07) is 5.65. The minimum Gasteiger partial charge on any atom is -0.508 e. The molecule has 1 aromatic carbocycles. The van der Waals surface area contributed by atoms with E-state index in [2.05, 4.69) is 18.7 Å². The molecule has 78 valence electrons. The Labute approximate surface area is 85.2 Å². The number of nitrogens with two attached hydrogens (primary N) is 1. The number of phenols is 1. The molecule has 0 saturated carbocycles. The van der Waals surface area contributed by atoms with Gasteiger partial charge < -0.3 is 15.7 Å². The Bertz CT molecular complexity index is 295. The number of aromatic hydroxyl groups is 1. The average molecular weight is 194 g/mol. The molecular weight excluding hydrogens is 176 g/mol. The van der Waals surface area contributed by atoms with Crippen molar-refractivity contribution in [1.82, 2.24) is 0 Å². The molecule has 0 fully saturated rings. The maximum atomic E-state index is 9.62. The van der Waals surface area contributed by atoms with Gasteiger partial charge in [0.2, 0.25) is 0 Å². The fourth-order valence-corrected chi connectivity index (χ4v) is 1.51. The van der Waals surface area contributed by atoms with Crippen LogP contribution in [0.15, 0.2) is 18.2 Å². The summed E-state index contributed by atoms with van der Waals surface area (Å²) in [6.07, 6.45) is 0. The van der Waals surface area contributed by atoms with Crippen LogP contribution in [0, 0.1) is 0 Å². The van der Waals surface area contributed by atoms with Crippen LogP contribution >= 0.6 is 0 Å². The van der Waals surface area contributed by atoms with Crippen LogP contribution in [0.1, 0.15) is 19.4 Å². The van der Waals surface area contributed by atoms with Crippen molar-refractivity contribution < 1.29 is 5.11 Å². The van der Waals surface area contributed by atoms with E-state index in [1.54, 1.807) is 6.07 Å². The molecule has 0 saturated heterocycles. The van der Waals surface area contributed by atoms with Gasteiger partial charge in [-0.3, -0.25) is 0 Å². The van der Waals surface area contributed by atoms with Gasteiger partial charge >= 0.3 is 0 Å². The molecule has 0 bridgehead atoms. The van der Waals surface area contributed by atoms with Gasteiger partial charge in [-0.05, 0) is 19.9 Å². The van der Waals surface area contributed by atoms with Crippen LogP contribution in [-0.4, -0.2) is 18.2 Å². The highest BCUT2D eigenvalue weighted by Gasteiger charge is 2.05. The van der Waals surface area contributed by atoms with E-state index in [0.29, 0.717) is 6.54 Å². The third kappa shape index (κ3) is 2.17. The number of nitrogens with zero attached hydrogens (tertiary/aromatic N) is 1. The smallest absolute Gasteiger partial charge is 0.122 e. The van der Waals surface area contributed by atoms with E-state index in [1.165, 1.54) is 0 Å². The second kappa shape index (κ2) is 4.86. The summed E-state index contributed by atoms with van der Waals surface area (Å²) >= 11 is 0. The molecule has 0 aliphatic rings. The maximum absolute atomic E-state index is 9.62. The van der Waals surface area contributed by atoms with Gasteiger partial charge in [-0.2, -0.15) is 0 Å².